The monoisotopic (exact) mass is 262 g/mol. The molecule has 0 radical (unpaired) electrons. The number of carbonyl (C=O) groups excluding carboxylic acids is 1. The van der Waals surface area contributed by atoms with E-state index in [4.69, 9.17) is 14.2 Å². The molecule has 1 fully saturated rings. The maximum atomic E-state index is 11.7. The van der Waals surface area contributed by atoms with Gasteiger partial charge in [-0.1, -0.05) is 12.6 Å². The lowest BCUT2D eigenvalue weighted by Gasteiger charge is -2.18. The zero-order chi connectivity index (χ0) is 14.0. The van der Waals surface area contributed by atoms with Gasteiger partial charge >= 0.3 is 0 Å². The maximum Gasteiger partial charge on any atom is 0.161 e. The first kappa shape index (κ1) is 13.6. The fourth-order valence-electron chi connectivity index (χ4n) is 2.42. The smallest absolute Gasteiger partial charge is 0.161 e. The van der Waals surface area contributed by atoms with E-state index in [-0.39, 0.29) is 17.8 Å². The lowest BCUT2D eigenvalue weighted by atomic mass is 9.89. The van der Waals surface area contributed by atoms with Crippen LogP contribution in [0.2, 0.25) is 0 Å². The van der Waals surface area contributed by atoms with Crippen LogP contribution in [-0.4, -0.2) is 26.6 Å². The Hall–Kier alpha value is -1.81. The summed E-state index contributed by atoms with van der Waals surface area (Å²) < 4.78 is 16.2. The van der Waals surface area contributed by atoms with Crippen molar-refractivity contribution in [3.63, 3.8) is 0 Å². The molecule has 0 bridgehead atoms. The summed E-state index contributed by atoms with van der Waals surface area (Å²) in [6.45, 7) is 5.89. The highest BCUT2D eigenvalue weighted by Crippen LogP contribution is 2.40. The van der Waals surface area contributed by atoms with E-state index < -0.39 is 0 Å². The largest absolute Gasteiger partial charge is 0.493 e. The lowest BCUT2D eigenvalue weighted by Crippen LogP contribution is -2.16. The number of Topliss-reactive ketones (excluding diaryl/α,β-unsaturated/α-hetero) is 1. The van der Waals surface area contributed by atoms with Crippen LogP contribution in [0, 0.1) is 5.92 Å². The van der Waals surface area contributed by atoms with E-state index in [1.54, 1.807) is 21.1 Å². The summed E-state index contributed by atoms with van der Waals surface area (Å²) in [5.74, 6) is 1.08. The maximum absolute atomic E-state index is 11.7. The van der Waals surface area contributed by atoms with E-state index in [2.05, 4.69) is 6.58 Å². The third-order valence-corrected chi connectivity index (χ3v) is 3.36. The van der Waals surface area contributed by atoms with Crippen LogP contribution in [0.5, 0.6) is 11.5 Å². The van der Waals surface area contributed by atoms with Crippen LogP contribution >= 0.6 is 0 Å². The minimum atomic E-state index is -0.287. The summed E-state index contributed by atoms with van der Waals surface area (Å²) in [4.78, 5) is 11.7. The van der Waals surface area contributed by atoms with Gasteiger partial charge in [0.1, 0.15) is 5.78 Å². The van der Waals surface area contributed by atoms with Gasteiger partial charge in [-0.05, 0) is 30.2 Å². The van der Waals surface area contributed by atoms with Crippen LogP contribution in [0.4, 0.5) is 0 Å². The van der Waals surface area contributed by atoms with Gasteiger partial charge in [0.25, 0.3) is 0 Å². The summed E-state index contributed by atoms with van der Waals surface area (Å²) in [7, 11) is 3.17. The van der Waals surface area contributed by atoms with E-state index in [9.17, 15) is 4.79 Å². The van der Waals surface area contributed by atoms with Gasteiger partial charge in [0.05, 0.1) is 32.8 Å². The Morgan fingerprint density at radius 3 is 2.58 bits per heavy atom. The average molecular weight is 262 g/mol. The summed E-state index contributed by atoms with van der Waals surface area (Å²) in [6.07, 6.45) is -0.287. The molecule has 0 aromatic heterocycles. The Balaban J connectivity index is 2.36. The van der Waals surface area contributed by atoms with E-state index in [1.807, 2.05) is 18.2 Å². The van der Waals surface area contributed by atoms with Crippen molar-refractivity contribution < 1.29 is 19.0 Å². The molecule has 4 heteroatoms. The highest BCUT2D eigenvalue weighted by Gasteiger charge is 2.36. The van der Waals surface area contributed by atoms with E-state index in [0.29, 0.717) is 18.1 Å². The van der Waals surface area contributed by atoms with Gasteiger partial charge in [-0.3, -0.25) is 4.79 Å². The fourth-order valence-corrected chi connectivity index (χ4v) is 2.42. The first-order chi connectivity index (χ1) is 9.08. The number of ketones is 1. The molecular weight excluding hydrogens is 244 g/mol. The number of benzene rings is 1. The molecule has 0 spiro atoms. The van der Waals surface area contributed by atoms with Crippen molar-refractivity contribution in [3.05, 3.63) is 35.9 Å². The minimum Gasteiger partial charge on any atom is -0.493 e. The molecule has 0 aliphatic carbocycles. The van der Waals surface area contributed by atoms with Gasteiger partial charge in [0, 0.05) is 0 Å². The molecule has 102 valence electrons. The zero-order valence-electron chi connectivity index (χ0n) is 11.4. The van der Waals surface area contributed by atoms with Gasteiger partial charge in [-0.2, -0.15) is 0 Å². The molecule has 1 aromatic carbocycles. The molecule has 1 heterocycles. The van der Waals surface area contributed by atoms with E-state index in [0.717, 1.165) is 11.1 Å². The Bertz CT molecular complexity index is 507. The van der Waals surface area contributed by atoms with Crippen molar-refractivity contribution in [2.75, 3.05) is 20.8 Å². The number of carbonyl (C=O) groups is 1. The fraction of sp³-hybridized carbons (Fsp3) is 0.400. The van der Waals surface area contributed by atoms with Gasteiger partial charge in [-0.25, -0.2) is 0 Å². The molecule has 2 atom stereocenters. The van der Waals surface area contributed by atoms with Crippen molar-refractivity contribution in [2.24, 2.45) is 5.92 Å². The number of methoxy groups -OCH3 is 2. The quantitative estimate of drug-likeness (QED) is 0.782. The SMILES string of the molecule is C=C1CO[C@H](c2ccc(OC)c(OC)c2)[C@H]1C(C)=O. The first-order valence-electron chi connectivity index (χ1n) is 6.10. The normalized spacial score (nSPS) is 22.4. The second-order valence-electron chi connectivity index (χ2n) is 4.59. The van der Waals surface area contributed by atoms with Crippen LogP contribution in [0.15, 0.2) is 30.4 Å². The zero-order valence-corrected chi connectivity index (χ0v) is 11.4. The van der Waals surface area contributed by atoms with Gasteiger partial charge in [0.15, 0.2) is 11.5 Å². The first-order valence-corrected chi connectivity index (χ1v) is 6.10. The van der Waals surface area contributed by atoms with Crippen LogP contribution in [-0.2, 0) is 9.53 Å². The van der Waals surface area contributed by atoms with E-state index >= 15 is 0 Å². The standard InChI is InChI=1S/C15H18O4/c1-9-8-19-15(14(9)10(2)16)11-5-6-12(17-3)13(7-11)18-4/h5-7,14-15H,1,8H2,2-4H3/t14-,15-/m1/s1. The third kappa shape index (κ3) is 2.49. The molecule has 1 saturated heterocycles. The van der Waals surface area contributed by atoms with Gasteiger partial charge in [0.2, 0.25) is 0 Å². The number of hydrogen-bond donors (Lipinski definition) is 0. The van der Waals surface area contributed by atoms with Crippen LogP contribution < -0.4 is 9.47 Å². The Kier molecular flexibility index (Phi) is 3.90. The molecule has 1 aliphatic heterocycles. The predicted octanol–water partition coefficient (Wildman–Crippen LogP) is 2.54. The van der Waals surface area contributed by atoms with Crippen LogP contribution in [0.1, 0.15) is 18.6 Å². The molecule has 1 aliphatic rings. The molecule has 1 aromatic rings. The number of ether oxygens (including phenoxy) is 3. The molecule has 0 N–H and O–H groups in total. The number of rotatable bonds is 4. The van der Waals surface area contributed by atoms with Crippen molar-refractivity contribution in [1.82, 2.24) is 0 Å². The Morgan fingerprint density at radius 2 is 2.00 bits per heavy atom. The highest BCUT2D eigenvalue weighted by atomic mass is 16.5. The van der Waals surface area contributed by atoms with Gasteiger partial charge in [-0.15, -0.1) is 0 Å². The molecule has 19 heavy (non-hydrogen) atoms. The molecule has 2 rings (SSSR count). The molecule has 0 amide bonds. The average Bonchev–Trinajstić information content (AvgIpc) is 2.79. The van der Waals surface area contributed by atoms with E-state index in [1.165, 1.54) is 0 Å². The molecule has 0 saturated carbocycles. The molecular formula is C15H18O4. The van der Waals surface area contributed by atoms with Gasteiger partial charge < -0.3 is 14.2 Å². The Morgan fingerprint density at radius 1 is 1.32 bits per heavy atom. The summed E-state index contributed by atoms with van der Waals surface area (Å²) in [6, 6.07) is 5.55. The van der Waals surface area contributed by atoms with Crippen molar-refractivity contribution in [1.29, 1.82) is 0 Å². The minimum absolute atomic E-state index is 0.0716. The van der Waals surface area contributed by atoms with Crippen molar-refractivity contribution in [3.8, 4) is 11.5 Å². The van der Waals surface area contributed by atoms with Crippen LogP contribution in [0.25, 0.3) is 0 Å². The second kappa shape index (κ2) is 5.45. The second-order valence-corrected chi connectivity index (χ2v) is 4.59. The topological polar surface area (TPSA) is 44.8 Å². The third-order valence-electron chi connectivity index (χ3n) is 3.36. The number of hydrogen-bond acceptors (Lipinski definition) is 4. The summed E-state index contributed by atoms with van der Waals surface area (Å²) >= 11 is 0. The molecule has 0 unspecified atom stereocenters. The van der Waals surface area contributed by atoms with Crippen molar-refractivity contribution in [2.45, 2.75) is 13.0 Å². The van der Waals surface area contributed by atoms with Crippen molar-refractivity contribution >= 4 is 5.78 Å². The predicted molar refractivity (Wildman–Crippen MR) is 71.6 cm³/mol. The summed E-state index contributed by atoms with van der Waals surface area (Å²) in [5.41, 5.74) is 1.73. The summed E-state index contributed by atoms with van der Waals surface area (Å²) in [5, 5.41) is 0. The molecule has 4 nitrogen and oxygen atoms in total. The lowest BCUT2D eigenvalue weighted by molar-refractivity contribution is -0.121. The highest BCUT2D eigenvalue weighted by molar-refractivity contribution is 5.82. The Labute approximate surface area is 113 Å². The van der Waals surface area contributed by atoms with Crippen LogP contribution in [0.3, 0.4) is 0 Å².